The van der Waals surface area contributed by atoms with Crippen LogP contribution in [0.5, 0.6) is 0 Å². The summed E-state index contributed by atoms with van der Waals surface area (Å²) in [6.45, 7) is 13.2. The van der Waals surface area contributed by atoms with Crippen LogP contribution in [0.2, 0.25) is 0 Å². The molecule has 2 fully saturated rings. The van der Waals surface area contributed by atoms with Gasteiger partial charge < -0.3 is 19.2 Å². The number of benzene rings is 1. The molecule has 36 heavy (non-hydrogen) atoms. The highest BCUT2D eigenvalue weighted by Crippen LogP contribution is 2.34. The maximum absolute atomic E-state index is 12.5. The van der Waals surface area contributed by atoms with Crippen LogP contribution in [0, 0.1) is 5.92 Å². The van der Waals surface area contributed by atoms with Crippen molar-refractivity contribution >= 4 is 33.7 Å². The average molecular weight is 567 g/mol. The second-order valence-corrected chi connectivity index (χ2v) is 11.7. The van der Waals surface area contributed by atoms with Gasteiger partial charge in [-0.05, 0) is 91.1 Å². The summed E-state index contributed by atoms with van der Waals surface area (Å²) in [6, 6.07) is 8.03. The van der Waals surface area contributed by atoms with Gasteiger partial charge >= 0.3 is 12.1 Å². The molecular formula is C27H40BrN3O5. The third kappa shape index (κ3) is 7.93. The normalized spacial score (nSPS) is 19.6. The topological polar surface area (TPSA) is 80.7 Å². The summed E-state index contributed by atoms with van der Waals surface area (Å²) in [4.78, 5) is 34.0. The van der Waals surface area contributed by atoms with Crippen LogP contribution in [-0.4, -0.2) is 78.1 Å². The smallest absolute Gasteiger partial charge is 0.410 e. The van der Waals surface area contributed by atoms with Crippen molar-refractivity contribution in [3.63, 3.8) is 0 Å². The Kier molecular flexibility index (Phi) is 9.80. The number of piperidine rings is 2. The Balaban J connectivity index is 1.60. The number of ether oxygens (including phenoxy) is 2. The van der Waals surface area contributed by atoms with E-state index in [1.165, 1.54) is 0 Å². The predicted molar refractivity (Wildman–Crippen MR) is 143 cm³/mol. The first-order valence-electron chi connectivity index (χ1n) is 12.8. The lowest BCUT2D eigenvalue weighted by atomic mass is 9.82. The fourth-order valence-corrected chi connectivity index (χ4v) is 5.11. The standard InChI is InChI=1S/C27H40BrN3O5/c1-6-34-23(32)19-35-29-24(20-7-9-22(28)10-8-20)21-11-15-31(16-12-21)27(5)13-17-30(18-14-27)25(33)36-26(2,3)4/h7-10,21H,6,11-19H2,1-5H3/b29-24+. The van der Waals surface area contributed by atoms with Crippen LogP contribution >= 0.6 is 15.9 Å². The molecule has 0 saturated carbocycles. The summed E-state index contributed by atoms with van der Waals surface area (Å²) in [5.74, 6) is -0.188. The van der Waals surface area contributed by atoms with Crippen LogP contribution in [0.4, 0.5) is 4.79 Å². The van der Waals surface area contributed by atoms with E-state index in [1.54, 1.807) is 6.92 Å². The molecule has 2 heterocycles. The fourth-order valence-electron chi connectivity index (χ4n) is 4.85. The zero-order valence-corrected chi connectivity index (χ0v) is 23.8. The highest BCUT2D eigenvalue weighted by Gasteiger charge is 2.40. The average Bonchev–Trinajstić information content (AvgIpc) is 2.82. The summed E-state index contributed by atoms with van der Waals surface area (Å²) in [6.07, 6.45) is 3.52. The number of rotatable bonds is 7. The monoisotopic (exact) mass is 565 g/mol. The van der Waals surface area contributed by atoms with Gasteiger partial charge in [-0.2, -0.15) is 0 Å². The van der Waals surface area contributed by atoms with E-state index in [4.69, 9.17) is 14.3 Å². The van der Waals surface area contributed by atoms with Crippen molar-refractivity contribution in [3.05, 3.63) is 34.3 Å². The Morgan fingerprint density at radius 1 is 1.08 bits per heavy atom. The van der Waals surface area contributed by atoms with Crippen LogP contribution < -0.4 is 0 Å². The lowest BCUT2D eigenvalue weighted by Crippen LogP contribution is -2.57. The molecule has 2 aliphatic rings. The third-order valence-corrected chi connectivity index (χ3v) is 7.46. The zero-order chi connectivity index (χ0) is 26.3. The molecule has 0 aliphatic carbocycles. The van der Waals surface area contributed by atoms with E-state index in [-0.39, 0.29) is 24.2 Å². The van der Waals surface area contributed by atoms with Crippen LogP contribution in [0.25, 0.3) is 0 Å². The van der Waals surface area contributed by atoms with Crippen molar-refractivity contribution in [2.24, 2.45) is 11.1 Å². The summed E-state index contributed by atoms with van der Waals surface area (Å²) in [5.41, 5.74) is 1.45. The number of esters is 1. The Morgan fingerprint density at radius 3 is 2.25 bits per heavy atom. The van der Waals surface area contributed by atoms with Crippen LogP contribution in [-0.2, 0) is 19.1 Å². The molecule has 2 saturated heterocycles. The van der Waals surface area contributed by atoms with Crippen LogP contribution in [0.15, 0.2) is 33.9 Å². The van der Waals surface area contributed by atoms with Gasteiger partial charge in [-0.3, -0.25) is 4.90 Å². The lowest BCUT2D eigenvalue weighted by molar-refractivity contribution is -0.148. The highest BCUT2D eigenvalue weighted by atomic mass is 79.9. The molecule has 9 heteroatoms. The molecule has 0 radical (unpaired) electrons. The maximum Gasteiger partial charge on any atom is 0.410 e. The minimum Gasteiger partial charge on any atom is -0.463 e. The Bertz CT molecular complexity index is 912. The predicted octanol–water partition coefficient (Wildman–Crippen LogP) is 5.23. The molecule has 1 amide bonds. The number of nitrogens with zero attached hydrogens (tertiary/aromatic N) is 3. The van der Waals surface area contributed by atoms with Crippen molar-refractivity contribution in [3.8, 4) is 0 Å². The van der Waals surface area contributed by atoms with Gasteiger partial charge in [0.2, 0.25) is 6.61 Å². The maximum atomic E-state index is 12.5. The minimum atomic E-state index is -0.478. The molecular weight excluding hydrogens is 526 g/mol. The van der Waals surface area contributed by atoms with Gasteiger partial charge in [-0.1, -0.05) is 33.2 Å². The van der Waals surface area contributed by atoms with E-state index in [0.29, 0.717) is 19.7 Å². The number of hydrogen-bond acceptors (Lipinski definition) is 7. The van der Waals surface area contributed by atoms with E-state index in [0.717, 1.165) is 54.5 Å². The number of hydrogen-bond donors (Lipinski definition) is 0. The molecule has 3 rings (SSSR count). The lowest BCUT2D eigenvalue weighted by Gasteiger charge is -2.49. The molecule has 200 valence electrons. The van der Waals surface area contributed by atoms with E-state index in [9.17, 15) is 9.59 Å². The number of carbonyl (C=O) groups is 2. The Labute approximate surface area is 223 Å². The molecule has 1 aromatic rings. The first kappa shape index (κ1) is 28.4. The van der Waals surface area contributed by atoms with Gasteiger partial charge in [0, 0.05) is 29.0 Å². The second kappa shape index (κ2) is 12.4. The van der Waals surface area contributed by atoms with Gasteiger partial charge in [0.1, 0.15) is 5.60 Å². The van der Waals surface area contributed by atoms with E-state index in [1.807, 2.05) is 49.9 Å². The zero-order valence-electron chi connectivity index (χ0n) is 22.2. The Morgan fingerprint density at radius 2 is 1.69 bits per heavy atom. The summed E-state index contributed by atoms with van der Waals surface area (Å²) in [5, 5.41) is 4.41. The Hall–Kier alpha value is -2.13. The molecule has 0 unspecified atom stereocenters. The summed E-state index contributed by atoms with van der Waals surface area (Å²) < 4.78 is 11.5. The first-order chi connectivity index (χ1) is 17.0. The van der Waals surface area contributed by atoms with Crippen molar-refractivity contribution in [2.75, 3.05) is 39.4 Å². The molecule has 0 aromatic heterocycles. The van der Waals surface area contributed by atoms with E-state index >= 15 is 0 Å². The molecule has 0 bridgehead atoms. The quantitative estimate of drug-likeness (QED) is 0.255. The van der Waals surface area contributed by atoms with Gasteiger partial charge in [-0.25, -0.2) is 9.59 Å². The SMILES string of the molecule is CCOC(=O)CO/N=C(\c1ccc(Br)cc1)C1CCN(C2(C)CCN(C(=O)OC(C)(C)C)CC2)CC1. The van der Waals surface area contributed by atoms with Crippen molar-refractivity contribution in [1.82, 2.24) is 9.80 Å². The van der Waals surface area contributed by atoms with Gasteiger partial charge in [-0.15, -0.1) is 0 Å². The molecule has 0 atom stereocenters. The number of oxime groups is 1. The van der Waals surface area contributed by atoms with E-state index in [2.05, 4.69) is 32.9 Å². The van der Waals surface area contributed by atoms with Gasteiger partial charge in [0.15, 0.2) is 0 Å². The molecule has 8 nitrogen and oxygen atoms in total. The molecule has 2 aliphatic heterocycles. The van der Waals surface area contributed by atoms with Crippen molar-refractivity contribution < 1.29 is 23.9 Å². The largest absolute Gasteiger partial charge is 0.463 e. The first-order valence-corrected chi connectivity index (χ1v) is 13.6. The number of likely N-dealkylation sites (tertiary alicyclic amines) is 2. The second-order valence-electron chi connectivity index (χ2n) is 10.8. The number of halogens is 1. The van der Waals surface area contributed by atoms with Crippen LogP contribution in [0.3, 0.4) is 0 Å². The van der Waals surface area contributed by atoms with E-state index < -0.39 is 11.6 Å². The fraction of sp³-hybridized carbons (Fsp3) is 0.667. The summed E-state index contributed by atoms with van der Waals surface area (Å²) >= 11 is 3.49. The summed E-state index contributed by atoms with van der Waals surface area (Å²) in [7, 11) is 0. The molecule has 0 spiro atoms. The number of amides is 1. The van der Waals surface area contributed by atoms with Gasteiger partial charge in [0.25, 0.3) is 0 Å². The minimum absolute atomic E-state index is 0.0544. The molecule has 0 N–H and O–H groups in total. The van der Waals surface area contributed by atoms with Crippen molar-refractivity contribution in [2.45, 2.75) is 71.4 Å². The third-order valence-electron chi connectivity index (χ3n) is 6.93. The van der Waals surface area contributed by atoms with Crippen molar-refractivity contribution in [1.29, 1.82) is 0 Å². The number of carbonyl (C=O) groups excluding carboxylic acids is 2. The van der Waals surface area contributed by atoms with Gasteiger partial charge in [0.05, 0.1) is 12.3 Å². The van der Waals surface area contributed by atoms with Crippen LogP contribution in [0.1, 0.15) is 65.9 Å². The molecule has 1 aromatic carbocycles. The highest BCUT2D eigenvalue weighted by molar-refractivity contribution is 9.10.